The van der Waals surface area contributed by atoms with Crippen LogP contribution in [-0.2, 0) is 0 Å². The van der Waals surface area contributed by atoms with Gasteiger partial charge in [0.15, 0.2) is 0 Å². The van der Waals surface area contributed by atoms with Gasteiger partial charge >= 0.3 is 0 Å². The summed E-state index contributed by atoms with van der Waals surface area (Å²) in [5.74, 6) is 0.784. The molecule has 0 bridgehead atoms. The van der Waals surface area contributed by atoms with E-state index in [0.29, 0.717) is 6.04 Å². The Bertz CT molecular complexity index is 425. The lowest BCUT2D eigenvalue weighted by molar-refractivity contribution is 0.193. The Labute approximate surface area is 128 Å². The lowest BCUT2D eigenvalue weighted by Gasteiger charge is -2.55. The molecule has 0 atom stereocenters. The van der Waals surface area contributed by atoms with Gasteiger partial charge in [0, 0.05) is 17.1 Å². The first-order valence-corrected chi connectivity index (χ1v) is 8.02. The van der Waals surface area contributed by atoms with E-state index in [1.807, 2.05) is 0 Å². The minimum atomic E-state index is 0.0208. The van der Waals surface area contributed by atoms with Gasteiger partial charge < -0.3 is 10.2 Å². The third-order valence-electron chi connectivity index (χ3n) is 4.35. The third kappa shape index (κ3) is 3.70. The van der Waals surface area contributed by atoms with Gasteiger partial charge in [-0.1, -0.05) is 13.3 Å². The van der Waals surface area contributed by atoms with Gasteiger partial charge in [-0.2, -0.15) is 0 Å². The number of unbranched alkanes of at least 4 members (excludes halogenated alkanes) is 1. The molecule has 118 valence electrons. The van der Waals surface area contributed by atoms with E-state index >= 15 is 0 Å². The molecule has 0 amide bonds. The second kappa shape index (κ2) is 6.26. The van der Waals surface area contributed by atoms with E-state index in [9.17, 15) is 0 Å². The molecule has 1 N–H and O–H groups in total. The number of piperidine rings is 1. The first kappa shape index (κ1) is 16.1. The Hall–Kier alpha value is -1.23. The van der Waals surface area contributed by atoms with Crippen molar-refractivity contribution in [3.05, 3.63) is 12.7 Å². The highest BCUT2D eigenvalue weighted by molar-refractivity contribution is 5.39. The predicted molar refractivity (Wildman–Crippen MR) is 86.4 cm³/mol. The van der Waals surface area contributed by atoms with Crippen molar-refractivity contribution in [3.8, 4) is 0 Å². The highest BCUT2D eigenvalue weighted by atomic mass is 15.4. The molecular weight excluding hydrogens is 262 g/mol. The zero-order valence-electron chi connectivity index (χ0n) is 14.1. The maximum atomic E-state index is 4.38. The van der Waals surface area contributed by atoms with E-state index in [4.69, 9.17) is 0 Å². The Morgan fingerprint density at radius 2 is 1.71 bits per heavy atom. The van der Waals surface area contributed by atoms with Crippen molar-refractivity contribution < 1.29 is 0 Å². The van der Waals surface area contributed by atoms with Crippen molar-refractivity contribution in [1.29, 1.82) is 0 Å². The summed E-state index contributed by atoms with van der Waals surface area (Å²) in [6.07, 6.45) is 7.86. The third-order valence-corrected chi connectivity index (χ3v) is 4.35. The number of aromatic nitrogens is 3. The maximum absolute atomic E-state index is 4.38. The molecule has 1 aromatic heterocycles. The van der Waals surface area contributed by atoms with Gasteiger partial charge in [-0.25, -0.2) is 15.0 Å². The van der Waals surface area contributed by atoms with Crippen LogP contribution in [0.2, 0.25) is 0 Å². The van der Waals surface area contributed by atoms with Crippen molar-refractivity contribution >= 4 is 5.95 Å². The van der Waals surface area contributed by atoms with E-state index in [1.54, 1.807) is 12.7 Å². The molecule has 1 aliphatic heterocycles. The molecule has 0 aliphatic carbocycles. The number of anilines is 1. The van der Waals surface area contributed by atoms with E-state index in [-0.39, 0.29) is 11.1 Å². The summed E-state index contributed by atoms with van der Waals surface area (Å²) in [6.45, 7) is 12.5. The number of rotatable bonds is 5. The number of nitrogens with one attached hydrogen (secondary N) is 1. The monoisotopic (exact) mass is 291 g/mol. The number of hydrogen-bond donors (Lipinski definition) is 1. The van der Waals surface area contributed by atoms with Crippen LogP contribution >= 0.6 is 0 Å². The Kier molecular flexibility index (Phi) is 4.81. The smallest absolute Gasteiger partial charge is 0.229 e. The van der Waals surface area contributed by atoms with Gasteiger partial charge in [-0.15, -0.1) is 0 Å². The predicted octanol–water partition coefficient (Wildman–Crippen LogP) is 2.79. The van der Waals surface area contributed by atoms with Crippen LogP contribution in [-0.4, -0.2) is 38.6 Å². The molecule has 0 aromatic carbocycles. The van der Waals surface area contributed by atoms with Gasteiger partial charge in [-0.3, -0.25) is 0 Å². The zero-order valence-corrected chi connectivity index (χ0v) is 14.1. The van der Waals surface area contributed by atoms with Gasteiger partial charge in [0.1, 0.15) is 12.7 Å². The molecule has 0 spiro atoms. The standard InChI is InChI=1S/C16H29N5/c1-6-7-8-18-13-9-15(2,3)21(16(4,5)10-13)14-19-11-17-12-20-14/h11-13,18H,6-10H2,1-5H3. The highest BCUT2D eigenvalue weighted by Crippen LogP contribution is 2.40. The molecule has 1 saturated heterocycles. The quantitative estimate of drug-likeness (QED) is 0.845. The topological polar surface area (TPSA) is 53.9 Å². The Morgan fingerprint density at radius 3 is 2.24 bits per heavy atom. The second-order valence-corrected chi connectivity index (χ2v) is 7.31. The van der Waals surface area contributed by atoms with Gasteiger partial charge in [-0.05, 0) is 53.5 Å². The van der Waals surface area contributed by atoms with Crippen molar-refractivity contribution in [3.63, 3.8) is 0 Å². The maximum Gasteiger partial charge on any atom is 0.229 e. The van der Waals surface area contributed by atoms with Crippen LogP contribution in [0.3, 0.4) is 0 Å². The van der Waals surface area contributed by atoms with Crippen molar-refractivity contribution in [2.45, 2.75) is 77.4 Å². The molecule has 21 heavy (non-hydrogen) atoms. The average molecular weight is 291 g/mol. The second-order valence-electron chi connectivity index (χ2n) is 7.31. The van der Waals surface area contributed by atoms with Crippen LogP contribution in [0.25, 0.3) is 0 Å². The summed E-state index contributed by atoms with van der Waals surface area (Å²) in [6, 6.07) is 0.555. The lowest BCUT2D eigenvalue weighted by atomic mass is 9.77. The zero-order chi connectivity index (χ0) is 15.5. The normalized spacial score (nSPS) is 21.5. The highest BCUT2D eigenvalue weighted by Gasteiger charge is 2.46. The largest absolute Gasteiger partial charge is 0.330 e. The lowest BCUT2D eigenvalue weighted by Crippen LogP contribution is -2.64. The van der Waals surface area contributed by atoms with Crippen LogP contribution in [0, 0.1) is 0 Å². The fraction of sp³-hybridized carbons (Fsp3) is 0.812. The summed E-state index contributed by atoms with van der Waals surface area (Å²) in [7, 11) is 0. The SMILES string of the molecule is CCCCNC1CC(C)(C)N(c2ncncn2)C(C)(C)C1. The molecule has 0 saturated carbocycles. The van der Waals surface area contributed by atoms with Crippen LogP contribution in [0.1, 0.15) is 60.3 Å². The minimum absolute atomic E-state index is 0.0208. The first-order chi connectivity index (χ1) is 9.87. The fourth-order valence-electron chi connectivity index (χ4n) is 3.80. The summed E-state index contributed by atoms with van der Waals surface area (Å²) in [5, 5.41) is 3.73. The molecule has 1 aliphatic rings. The van der Waals surface area contributed by atoms with E-state index < -0.39 is 0 Å². The van der Waals surface area contributed by atoms with E-state index in [2.05, 4.69) is 59.8 Å². The van der Waals surface area contributed by atoms with Crippen LogP contribution in [0.5, 0.6) is 0 Å². The van der Waals surface area contributed by atoms with Crippen LogP contribution < -0.4 is 10.2 Å². The van der Waals surface area contributed by atoms with Crippen molar-refractivity contribution in [2.75, 3.05) is 11.4 Å². The molecule has 2 heterocycles. The average Bonchev–Trinajstić information content (AvgIpc) is 2.37. The van der Waals surface area contributed by atoms with Gasteiger partial charge in [0.05, 0.1) is 0 Å². The summed E-state index contributed by atoms with van der Waals surface area (Å²) >= 11 is 0. The molecule has 1 aromatic rings. The van der Waals surface area contributed by atoms with Crippen molar-refractivity contribution in [1.82, 2.24) is 20.3 Å². The Balaban J connectivity index is 2.17. The molecule has 5 heteroatoms. The molecule has 0 radical (unpaired) electrons. The summed E-state index contributed by atoms with van der Waals surface area (Å²) in [5.41, 5.74) is 0.0416. The van der Waals surface area contributed by atoms with E-state index in [1.165, 1.54) is 12.8 Å². The van der Waals surface area contributed by atoms with E-state index in [0.717, 1.165) is 25.3 Å². The van der Waals surface area contributed by atoms with Gasteiger partial charge in [0.2, 0.25) is 5.95 Å². The summed E-state index contributed by atoms with van der Waals surface area (Å²) < 4.78 is 0. The molecule has 0 unspecified atom stereocenters. The van der Waals surface area contributed by atoms with Crippen molar-refractivity contribution in [2.24, 2.45) is 0 Å². The molecule has 2 rings (SSSR count). The Morgan fingerprint density at radius 1 is 1.14 bits per heavy atom. The fourth-order valence-corrected chi connectivity index (χ4v) is 3.80. The molecule has 5 nitrogen and oxygen atoms in total. The van der Waals surface area contributed by atoms with Gasteiger partial charge in [0.25, 0.3) is 0 Å². The molecule has 1 fully saturated rings. The minimum Gasteiger partial charge on any atom is -0.330 e. The summed E-state index contributed by atoms with van der Waals surface area (Å²) in [4.78, 5) is 15.1. The number of nitrogens with zero attached hydrogens (tertiary/aromatic N) is 4. The first-order valence-electron chi connectivity index (χ1n) is 8.02. The number of hydrogen-bond acceptors (Lipinski definition) is 5. The van der Waals surface area contributed by atoms with Crippen LogP contribution in [0.4, 0.5) is 5.95 Å². The molecular formula is C16H29N5. The van der Waals surface area contributed by atoms with Crippen LogP contribution in [0.15, 0.2) is 12.7 Å².